The molecular formula is C14H23N3O3. The van der Waals surface area contributed by atoms with Crippen LogP contribution in [0.4, 0.5) is 0 Å². The zero-order valence-electron chi connectivity index (χ0n) is 12.3. The molecule has 0 spiro atoms. The Labute approximate surface area is 119 Å². The fourth-order valence-electron chi connectivity index (χ4n) is 2.38. The minimum absolute atomic E-state index is 0.139. The van der Waals surface area contributed by atoms with E-state index in [4.69, 9.17) is 9.26 Å². The van der Waals surface area contributed by atoms with Crippen molar-refractivity contribution in [3.8, 4) is 0 Å². The Kier molecular flexibility index (Phi) is 5.67. The molecule has 20 heavy (non-hydrogen) atoms. The predicted molar refractivity (Wildman–Crippen MR) is 73.3 cm³/mol. The Bertz CT molecular complexity index is 431. The molecule has 6 nitrogen and oxygen atoms in total. The summed E-state index contributed by atoms with van der Waals surface area (Å²) in [5, 5.41) is 3.96. The number of hydrogen-bond donors (Lipinski definition) is 0. The van der Waals surface area contributed by atoms with Gasteiger partial charge in [-0.1, -0.05) is 19.0 Å². The average Bonchev–Trinajstić information content (AvgIpc) is 2.88. The molecular weight excluding hydrogens is 258 g/mol. The maximum Gasteiger partial charge on any atom is 0.234 e. The van der Waals surface area contributed by atoms with Crippen LogP contribution in [0.3, 0.4) is 0 Å². The molecule has 0 N–H and O–H groups in total. The summed E-state index contributed by atoms with van der Waals surface area (Å²) in [6.07, 6.45) is 2.61. The highest BCUT2D eigenvalue weighted by atomic mass is 16.5. The zero-order valence-corrected chi connectivity index (χ0v) is 12.3. The molecule has 0 bridgehead atoms. The van der Waals surface area contributed by atoms with Gasteiger partial charge < -0.3 is 9.26 Å². The average molecular weight is 281 g/mol. The molecule has 112 valence electrons. The fraction of sp³-hybridized carbons (Fsp3) is 0.786. The van der Waals surface area contributed by atoms with Crippen molar-refractivity contribution in [3.63, 3.8) is 0 Å². The molecule has 2 heterocycles. The first-order valence-corrected chi connectivity index (χ1v) is 7.41. The summed E-state index contributed by atoms with van der Waals surface area (Å²) < 4.78 is 10.8. The number of ketones is 1. The SMILES string of the molecule is CCCC(=O)Cc1nc(C2CN(CCC)CCO2)no1. The smallest absolute Gasteiger partial charge is 0.234 e. The lowest BCUT2D eigenvalue weighted by atomic mass is 10.2. The van der Waals surface area contributed by atoms with Crippen LogP contribution >= 0.6 is 0 Å². The second-order valence-corrected chi connectivity index (χ2v) is 5.17. The van der Waals surface area contributed by atoms with Crippen molar-refractivity contribution in [2.75, 3.05) is 26.2 Å². The van der Waals surface area contributed by atoms with Crippen molar-refractivity contribution in [2.24, 2.45) is 0 Å². The van der Waals surface area contributed by atoms with Gasteiger partial charge in [0.1, 0.15) is 11.9 Å². The third-order valence-electron chi connectivity index (χ3n) is 3.34. The summed E-state index contributed by atoms with van der Waals surface area (Å²) in [4.78, 5) is 18.2. The molecule has 1 saturated heterocycles. The van der Waals surface area contributed by atoms with Gasteiger partial charge in [-0.25, -0.2) is 0 Å². The molecule has 1 aromatic heterocycles. The molecule has 1 atom stereocenters. The van der Waals surface area contributed by atoms with Gasteiger partial charge in [0.15, 0.2) is 0 Å². The molecule has 1 fully saturated rings. The molecule has 2 rings (SSSR count). The third kappa shape index (κ3) is 4.11. The third-order valence-corrected chi connectivity index (χ3v) is 3.34. The Morgan fingerprint density at radius 1 is 1.40 bits per heavy atom. The summed E-state index contributed by atoms with van der Waals surface area (Å²) >= 11 is 0. The minimum atomic E-state index is -0.144. The highest BCUT2D eigenvalue weighted by Gasteiger charge is 2.26. The summed E-state index contributed by atoms with van der Waals surface area (Å²) in [7, 11) is 0. The lowest BCUT2D eigenvalue weighted by Gasteiger charge is -2.30. The van der Waals surface area contributed by atoms with Gasteiger partial charge in [0.25, 0.3) is 0 Å². The van der Waals surface area contributed by atoms with E-state index in [-0.39, 0.29) is 18.3 Å². The van der Waals surface area contributed by atoms with Gasteiger partial charge in [-0.15, -0.1) is 0 Å². The number of carbonyl (C=O) groups is 1. The topological polar surface area (TPSA) is 68.5 Å². The summed E-state index contributed by atoms with van der Waals surface area (Å²) in [5.41, 5.74) is 0. The van der Waals surface area contributed by atoms with E-state index in [1.54, 1.807) is 0 Å². The van der Waals surface area contributed by atoms with Crippen LogP contribution in [0.5, 0.6) is 0 Å². The second-order valence-electron chi connectivity index (χ2n) is 5.17. The molecule has 0 saturated carbocycles. The maximum atomic E-state index is 11.6. The molecule has 1 aromatic rings. The highest BCUT2D eigenvalue weighted by molar-refractivity contribution is 5.79. The van der Waals surface area contributed by atoms with E-state index in [0.29, 0.717) is 24.7 Å². The van der Waals surface area contributed by atoms with E-state index in [9.17, 15) is 4.79 Å². The Morgan fingerprint density at radius 2 is 2.25 bits per heavy atom. The molecule has 1 aliphatic heterocycles. The first-order chi connectivity index (χ1) is 9.72. The predicted octanol–water partition coefficient (Wildman–Crippen LogP) is 1.76. The van der Waals surface area contributed by atoms with Crippen molar-refractivity contribution in [2.45, 2.75) is 45.6 Å². The number of ether oxygens (including phenoxy) is 1. The molecule has 1 aliphatic rings. The molecule has 0 radical (unpaired) electrons. The van der Waals surface area contributed by atoms with Crippen LogP contribution in [0.1, 0.15) is 50.9 Å². The van der Waals surface area contributed by atoms with E-state index in [1.807, 2.05) is 6.92 Å². The van der Waals surface area contributed by atoms with Crippen LogP contribution in [0.25, 0.3) is 0 Å². The monoisotopic (exact) mass is 281 g/mol. The number of hydrogen-bond acceptors (Lipinski definition) is 6. The fourth-order valence-corrected chi connectivity index (χ4v) is 2.38. The van der Waals surface area contributed by atoms with Crippen LogP contribution in [-0.2, 0) is 16.0 Å². The number of morpholine rings is 1. The molecule has 6 heteroatoms. The first-order valence-electron chi connectivity index (χ1n) is 7.41. The first kappa shape index (κ1) is 15.1. The Balaban J connectivity index is 1.92. The van der Waals surface area contributed by atoms with E-state index >= 15 is 0 Å². The van der Waals surface area contributed by atoms with Crippen molar-refractivity contribution in [1.82, 2.24) is 15.0 Å². The second kappa shape index (κ2) is 7.50. The lowest BCUT2D eigenvalue weighted by molar-refractivity contribution is -0.118. The van der Waals surface area contributed by atoms with Gasteiger partial charge >= 0.3 is 0 Å². The van der Waals surface area contributed by atoms with Gasteiger partial charge in [0.05, 0.1) is 13.0 Å². The lowest BCUT2D eigenvalue weighted by Crippen LogP contribution is -2.39. The quantitative estimate of drug-likeness (QED) is 0.758. The van der Waals surface area contributed by atoms with Gasteiger partial charge in [-0.05, 0) is 19.4 Å². The number of Topliss-reactive ketones (excluding diaryl/α,β-unsaturated/α-hetero) is 1. The minimum Gasteiger partial charge on any atom is -0.367 e. The summed E-state index contributed by atoms with van der Waals surface area (Å²) in [6, 6.07) is 0. The molecule has 0 amide bonds. The van der Waals surface area contributed by atoms with Crippen molar-refractivity contribution < 1.29 is 14.1 Å². The van der Waals surface area contributed by atoms with Gasteiger partial charge in [0, 0.05) is 19.5 Å². The zero-order chi connectivity index (χ0) is 14.4. The van der Waals surface area contributed by atoms with Crippen molar-refractivity contribution in [3.05, 3.63) is 11.7 Å². The summed E-state index contributed by atoms with van der Waals surface area (Å²) in [5.74, 6) is 1.10. The van der Waals surface area contributed by atoms with Crippen LogP contribution in [0, 0.1) is 0 Å². The van der Waals surface area contributed by atoms with Crippen molar-refractivity contribution in [1.29, 1.82) is 0 Å². The van der Waals surface area contributed by atoms with Gasteiger partial charge in [-0.2, -0.15) is 4.98 Å². The van der Waals surface area contributed by atoms with E-state index in [1.165, 1.54) is 0 Å². The Morgan fingerprint density at radius 3 is 3.00 bits per heavy atom. The summed E-state index contributed by atoms with van der Waals surface area (Å²) in [6.45, 7) is 7.62. The number of carbonyl (C=O) groups excluding carboxylic acids is 1. The van der Waals surface area contributed by atoms with Crippen LogP contribution < -0.4 is 0 Å². The highest BCUT2D eigenvalue weighted by Crippen LogP contribution is 2.20. The van der Waals surface area contributed by atoms with E-state index in [0.717, 1.165) is 32.5 Å². The number of rotatable bonds is 7. The van der Waals surface area contributed by atoms with Crippen LogP contribution in [0.2, 0.25) is 0 Å². The molecule has 0 aromatic carbocycles. The number of nitrogens with zero attached hydrogens (tertiary/aromatic N) is 3. The van der Waals surface area contributed by atoms with Crippen LogP contribution in [0.15, 0.2) is 4.52 Å². The maximum absolute atomic E-state index is 11.6. The number of aromatic nitrogens is 2. The molecule has 0 aliphatic carbocycles. The van der Waals surface area contributed by atoms with Crippen LogP contribution in [-0.4, -0.2) is 47.1 Å². The largest absolute Gasteiger partial charge is 0.367 e. The van der Waals surface area contributed by atoms with Gasteiger partial charge in [0.2, 0.25) is 11.7 Å². The normalized spacial score (nSPS) is 20.2. The van der Waals surface area contributed by atoms with Gasteiger partial charge in [-0.3, -0.25) is 9.69 Å². The standard InChI is InChI=1S/C14H23N3O3/c1-3-5-11(18)9-13-15-14(16-20-13)12-10-17(6-4-2)7-8-19-12/h12H,3-10H2,1-2H3. The van der Waals surface area contributed by atoms with E-state index in [2.05, 4.69) is 22.0 Å². The van der Waals surface area contributed by atoms with E-state index < -0.39 is 0 Å². The Hall–Kier alpha value is -1.27. The van der Waals surface area contributed by atoms with Crippen molar-refractivity contribution >= 4 is 5.78 Å². The molecule has 1 unspecified atom stereocenters.